The monoisotopic (exact) mass is 504 g/mol. The molecule has 7 nitrogen and oxygen atoms in total. The lowest BCUT2D eigenvalue weighted by Gasteiger charge is -2.09. The fraction of sp³-hybridized carbons (Fsp3) is 0.148. The molecule has 1 heterocycles. The van der Waals surface area contributed by atoms with Gasteiger partial charge in [0.25, 0.3) is 5.91 Å². The van der Waals surface area contributed by atoms with E-state index in [-0.39, 0.29) is 29.9 Å². The van der Waals surface area contributed by atoms with Crippen molar-refractivity contribution in [2.24, 2.45) is 0 Å². The van der Waals surface area contributed by atoms with Gasteiger partial charge in [-0.25, -0.2) is 9.18 Å². The second-order valence-electron chi connectivity index (χ2n) is 8.62. The minimum atomic E-state index is -0.404. The summed E-state index contributed by atoms with van der Waals surface area (Å²) in [6.07, 6.45) is 1.91. The van der Waals surface area contributed by atoms with E-state index in [0.29, 0.717) is 27.5 Å². The van der Waals surface area contributed by atoms with Gasteiger partial charge >= 0.3 is 6.03 Å². The van der Waals surface area contributed by atoms with E-state index in [4.69, 9.17) is 11.6 Å². The van der Waals surface area contributed by atoms with Crippen LogP contribution >= 0.6 is 11.6 Å². The maximum atomic E-state index is 13.1. The number of benzene rings is 3. The molecule has 0 saturated heterocycles. The molecule has 1 aliphatic rings. The SMILES string of the molecule is O=C(Nc1ccc(-c2cc(C3CC3)n(C(=O)NCc3ccc(F)cc3)n2)c(O)c1)c1ccc(Cl)cc1. The van der Waals surface area contributed by atoms with Crippen LogP contribution in [0.2, 0.25) is 5.02 Å². The zero-order valence-corrected chi connectivity index (χ0v) is 19.8. The standard InChI is InChI=1S/C27H22ClFN4O3/c28-19-7-5-18(6-8-19)26(35)31-21-11-12-22(25(34)13-21)23-14-24(17-3-4-17)33(32-23)27(36)30-15-16-1-9-20(29)10-2-16/h1-2,5-14,17,34H,3-4,15H2,(H,30,36)(H,31,35). The quantitative estimate of drug-likeness (QED) is 0.303. The number of rotatable bonds is 6. The van der Waals surface area contributed by atoms with E-state index >= 15 is 0 Å². The molecule has 0 unspecified atom stereocenters. The van der Waals surface area contributed by atoms with Crippen molar-refractivity contribution in [1.82, 2.24) is 15.1 Å². The van der Waals surface area contributed by atoms with Crippen molar-refractivity contribution in [3.63, 3.8) is 0 Å². The van der Waals surface area contributed by atoms with Gasteiger partial charge in [0.1, 0.15) is 11.6 Å². The fourth-order valence-corrected chi connectivity index (χ4v) is 3.97. The van der Waals surface area contributed by atoms with E-state index < -0.39 is 6.03 Å². The lowest BCUT2D eigenvalue weighted by molar-refractivity contribution is 0.102. The molecule has 182 valence electrons. The van der Waals surface area contributed by atoms with Crippen molar-refractivity contribution >= 4 is 29.2 Å². The van der Waals surface area contributed by atoms with Crippen LogP contribution in [0.3, 0.4) is 0 Å². The molecule has 5 rings (SSSR count). The number of aromatic hydroxyl groups is 1. The Morgan fingerprint density at radius 2 is 1.75 bits per heavy atom. The van der Waals surface area contributed by atoms with Crippen molar-refractivity contribution in [3.05, 3.63) is 100 Å². The molecule has 3 N–H and O–H groups in total. The zero-order valence-electron chi connectivity index (χ0n) is 19.0. The number of hydrogen-bond acceptors (Lipinski definition) is 4. The van der Waals surface area contributed by atoms with Crippen molar-refractivity contribution in [1.29, 1.82) is 0 Å². The van der Waals surface area contributed by atoms with Gasteiger partial charge in [0, 0.05) is 40.4 Å². The van der Waals surface area contributed by atoms with Crippen molar-refractivity contribution < 1.29 is 19.1 Å². The topological polar surface area (TPSA) is 96.3 Å². The summed E-state index contributed by atoms with van der Waals surface area (Å²) in [6, 6.07) is 18.5. The summed E-state index contributed by atoms with van der Waals surface area (Å²) in [6.45, 7) is 0.228. The molecular formula is C27H22ClFN4O3. The van der Waals surface area contributed by atoms with Gasteiger partial charge in [0.15, 0.2) is 0 Å². The van der Waals surface area contributed by atoms with Gasteiger partial charge in [-0.1, -0.05) is 23.7 Å². The Hall–Kier alpha value is -4.17. The van der Waals surface area contributed by atoms with Gasteiger partial charge in [-0.05, 0) is 73.0 Å². The van der Waals surface area contributed by atoms with Crippen LogP contribution in [0.4, 0.5) is 14.9 Å². The summed E-state index contributed by atoms with van der Waals surface area (Å²) < 4.78 is 14.5. The van der Waals surface area contributed by atoms with Crippen molar-refractivity contribution in [3.8, 4) is 17.0 Å². The van der Waals surface area contributed by atoms with Gasteiger partial charge in [-0.15, -0.1) is 0 Å². The van der Waals surface area contributed by atoms with E-state index in [1.165, 1.54) is 22.9 Å². The van der Waals surface area contributed by atoms with E-state index in [1.807, 2.05) is 0 Å². The van der Waals surface area contributed by atoms with Gasteiger partial charge in [0.2, 0.25) is 0 Å². The van der Waals surface area contributed by atoms with Crippen LogP contribution in [0.5, 0.6) is 5.75 Å². The van der Waals surface area contributed by atoms with Gasteiger partial charge < -0.3 is 15.7 Å². The van der Waals surface area contributed by atoms with Crippen LogP contribution in [0.15, 0.2) is 72.8 Å². The molecule has 0 bridgehead atoms. The van der Waals surface area contributed by atoms with Crippen LogP contribution in [0.1, 0.15) is 40.4 Å². The maximum absolute atomic E-state index is 13.1. The van der Waals surface area contributed by atoms with Gasteiger partial charge in [-0.3, -0.25) is 4.79 Å². The summed E-state index contributed by atoms with van der Waals surface area (Å²) in [5, 5.41) is 21.2. The molecule has 0 radical (unpaired) electrons. The molecule has 9 heteroatoms. The molecule has 36 heavy (non-hydrogen) atoms. The third kappa shape index (κ3) is 5.23. The highest BCUT2D eigenvalue weighted by Crippen LogP contribution is 2.42. The average molecular weight is 505 g/mol. The Labute approximate surface area is 211 Å². The lowest BCUT2D eigenvalue weighted by atomic mass is 10.1. The molecule has 2 amide bonds. The first-order valence-corrected chi connectivity index (χ1v) is 11.8. The number of halogens is 2. The minimum absolute atomic E-state index is 0.0809. The predicted octanol–water partition coefficient (Wildman–Crippen LogP) is 5.94. The minimum Gasteiger partial charge on any atom is -0.507 e. The summed E-state index contributed by atoms with van der Waals surface area (Å²) >= 11 is 5.87. The second-order valence-corrected chi connectivity index (χ2v) is 9.06. The number of carbonyl (C=O) groups excluding carboxylic acids is 2. The highest BCUT2D eigenvalue weighted by atomic mass is 35.5. The van der Waals surface area contributed by atoms with Crippen LogP contribution < -0.4 is 10.6 Å². The molecule has 0 spiro atoms. The largest absolute Gasteiger partial charge is 0.507 e. The van der Waals surface area contributed by atoms with Crippen LogP contribution in [-0.4, -0.2) is 26.8 Å². The first-order valence-electron chi connectivity index (χ1n) is 11.4. The molecule has 4 aromatic rings. The molecule has 1 aliphatic carbocycles. The van der Waals surface area contributed by atoms with Crippen LogP contribution in [0, 0.1) is 5.82 Å². The number of hydrogen-bond donors (Lipinski definition) is 3. The Morgan fingerprint density at radius 1 is 1.03 bits per heavy atom. The van der Waals surface area contributed by atoms with Crippen LogP contribution in [0.25, 0.3) is 11.3 Å². The van der Waals surface area contributed by atoms with Crippen LogP contribution in [-0.2, 0) is 6.54 Å². The van der Waals surface area contributed by atoms with Crippen molar-refractivity contribution in [2.45, 2.75) is 25.3 Å². The number of carbonyl (C=O) groups is 2. The van der Waals surface area contributed by atoms with Gasteiger partial charge in [0.05, 0.1) is 11.4 Å². The molecule has 0 aliphatic heterocycles. The molecule has 1 saturated carbocycles. The summed E-state index contributed by atoms with van der Waals surface area (Å²) in [5.41, 5.74) is 3.26. The Morgan fingerprint density at radius 3 is 2.42 bits per heavy atom. The van der Waals surface area contributed by atoms with Crippen molar-refractivity contribution in [2.75, 3.05) is 5.32 Å². The average Bonchev–Trinajstić information content (AvgIpc) is 3.62. The maximum Gasteiger partial charge on any atom is 0.342 e. The third-order valence-corrected chi connectivity index (χ3v) is 6.17. The first-order chi connectivity index (χ1) is 17.4. The number of aromatic nitrogens is 2. The fourth-order valence-electron chi connectivity index (χ4n) is 3.85. The molecule has 0 atom stereocenters. The number of amides is 2. The number of nitrogens with one attached hydrogen (secondary N) is 2. The van der Waals surface area contributed by atoms with E-state index in [1.54, 1.807) is 54.6 Å². The number of phenolic OH excluding ortho intramolecular Hbond substituents is 1. The zero-order chi connectivity index (χ0) is 25.2. The number of anilines is 1. The van der Waals surface area contributed by atoms with Gasteiger partial charge in [-0.2, -0.15) is 9.78 Å². The van der Waals surface area contributed by atoms with E-state index in [0.717, 1.165) is 24.1 Å². The molecule has 1 aromatic heterocycles. The highest BCUT2D eigenvalue weighted by molar-refractivity contribution is 6.30. The Kier molecular flexibility index (Phi) is 6.43. The number of phenols is 1. The summed E-state index contributed by atoms with van der Waals surface area (Å²) in [4.78, 5) is 25.4. The number of nitrogens with zero attached hydrogens (tertiary/aromatic N) is 2. The van der Waals surface area contributed by atoms with E-state index in [2.05, 4.69) is 15.7 Å². The third-order valence-electron chi connectivity index (χ3n) is 5.92. The van der Waals surface area contributed by atoms with E-state index in [9.17, 15) is 19.1 Å². The Balaban J connectivity index is 1.33. The normalized spacial score (nSPS) is 12.8. The smallest absolute Gasteiger partial charge is 0.342 e. The molecular weight excluding hydrogens is 483 g/mol. The molecule has 1 fully saturated rings. The second kappa shape index (κ2) is 9.83. The predicted molar refractivity (Wildman–Crippen MR) is 135 cm³/mol. The summed E-state index contributed by atoms with van der Waals surface area (Å²) in [5.74, 6) is -0.532. The lowest BCUT2D eigenvalue weighted by Crippen LogP contribution is -2.30. The summed E-state index contributed by atoms with van der Waals surface area (Å²) in [7, 11) is 0. The molecule has 3 aromatic carbocycles. The first kappa shape index (κ1) is 23.6. The highest BCUT2D eigenvalue weighted by Gasteiger charge is 2.30. The Bertz CT molecular complexity index is 1430.